The molecule has 0 saturated carbocycles. The van der Waals surface area contributed by atoms with Gasteiger partial charge in [-0.05, 0) is 84.8 Å². The number of aliphatic hydroxyl groups is 1. The highest BCUT2D eigenvalue weighted by Crippen LogP contribution is 2.33. The van der Waals surface area contributed by atoms with E-state index in [2.05, 4.69) is 77.4 Å². The standard InChI is InChI=1S/C30H38N2O2/c1-23-12-16-31(17-13-23)20-21-34-27-9-6-24(7-10-27)22-29-28-5-3-2-4-25(28)8-11-30(29)32-18-14-26(33)15-19-32/h2-11,23,26,33H,12-22H2,1H3. The Labute approximate surface area is 204 Å². The van der Waals surface area contributed by atoms with Crippen LogP contribution in [0.25, 0.3) is 10.8 Å². The molecular formula is C30H38N2O2. The minimum Gasteiger partial charge on any atom is -0.492 e. The van der Waals surface area contributed by atoms with Crippen LogP contribution in [0.1, 0.15) is 43.7 Å². The van der Waals surface area contributed by atoms with Crippen LogP contribution in [-0.2, 0) is 6.42 Å². The average Bonchev–Trinajstić information content (AvgIpc) is 2.87. The molecule has 0 aliphatic carbocycles. The lowest BCUT2D eigenvalue weighted by molar-refractivity contribution is 0.145. The number of hydrogen-bond acceptors (Lipinski definition) is 4. The van der Waals surface area contributed by atoms with Crippen LogP contribution in [0.5, 0.6) is 5.75 Å². The molecule has 0 aromatic heterocycles. The van der Waals surface area contributed by atoms with Crippen LogP contribution in [0.2, 0.25) is 0 Å². The van der Waals surface area contributed by atoms with E-state index < -0.39 is 0 Å². The van der Waals surface area contributed by atoms with Gasteiger partial charge in [-0.2, -0.15) is 0 Å². The highest BCUT2D eigenvalue weighted by molar-refractivity contribution is 5.90. The van der Waals surface area contributed by atoms with Crippen LogP contribution >= 0.6 is 0 Å². The second kappa shape index (κ2) is 10.8. The number of fused-ring (bicyclic) bond motifs is 1. The lowest BCUT2D eigenvalue weighted by atomic mass is 9.95. The van der Waals surface area contributed by atoms with Crippen molar-refractivity contribution in [1.29, 1.82) is 0 Å². The smallest absolute Gasteiger partial charge is 0.119 e. The van der Waals surface area contributed by atoms with E-state index in [9.17, 15) is 5.11 Å². The minimum atomic E-state index is -0.161. The summed E-state index contributed by atoms with van der Waals surface area (Å²) in [4.78, 5) is 4.98. The Bertz CT molecular complexity index is 1060. The molecule has 0 spiro atoms. The van der Waals surface area contributed by atoms with Gasteiger partial charge in [0.1, 0.15) is 12.4 Å². The molecule has 0 atom stereocenters. The number of aliphatic hydroxyl groups excluding tert-OH is 1. The molecule has 5 rings (SSSR count). The maximum absolute atomic E-state index is 9.98. The van der Waals surface area contributed by atoms with Gasteiger partial charge in [-0.3, -0.25) is 4.90 Å². The quantitative estimate of drug-likeness (QED) is 0.507. The molecule has 2 heterocycles. The Hall–Kier alpha value is -2.56. The molecule has 4 heteroatoms. The van der Waals surface area contributed by atoms with Gasteiger partial charge in [0, 0.05) is 31.7 Å². The molecule has 3 aromatic rings. The first-order valence-corrected chi connectivity index (χ1v) is 13.0. The molecular weight excluding hydrogens is 420 g/mol. The van der Waals surface area contributed by atoms with Gasteiger partial charge in [0.15, 0.2) is 0 Å². The van der Waals surface area contributed by atoms with Gasteiger partial charge in [0.2, 0.25) is 0 Å². The Kier molecular flexibility index (Phi) is 7.36. The molecule has 0 amide bonds. The summed E-state index contributed by atoms with van der Waals surface area (Å²) in [6, 6.07) is 21.9. The number of ether oxygens (including phenoxy) is 1. The van der Waals surface area contributed by atoms with E-state index in [1.54, 1.807) is 0 Å². The summed E-state index contributed by atoms with van der Waals surface area (Å²) in [5, 5.41) is 12.6. The molecule has 34 heavy (non-hydrogen) atoms. The monoisotopic (exact) mass is 458 g/mol. The second-order valence-electron chi connectivity index (χ2n) is 10.2. The fourth-order valence-electron chi connectivity index (χ4n) is 5.40. The number of hydrogen-bond donors (Lipinski definition) is 1. The van der Waals surface area contributed by atoms with Crippen molar-refractivity contribution in [2.45, 2.75) is 45.1 Å². The first kappa shape index (κ1) is 23.2. The van der Waals surface area contributed by atoms with E-state index in [1.165, 1.54) is 53.5 Å². The van der Waals surface area contributed by atoms with Crippen molar-refractivity contribution < 1.29 is 9.84 Å². The zero-order valence-electron chi connectivity index (χ0n) is 20.5. The summed E-state index contributed by atoms with van der Waals surface area (Å²) >= 11 is 0. The second-order valence-corrected chi connectivity index (χ2v) is 10.2. The van der Waals surface area contributed by atoms with E-state index in [4.69, 9.17) is 4.74 Å². The Balaban J connectivity index is 1.27. The third-order valence-electron chi connectivity index (χ3n) is 7.68. The van der Waals surface area contributed by atoms with Gasteiger partial charge in [-0.1, -0.05) is 49.4 Å². The summed E-state index contributed by atoms with van der Waals surface area (Å²) in [6.45, 7) is 8.35. The van der Waals surface area contributed by atoms with E-state index >= 15 is 0 Å². The predicted octanol–water partition coefficient (Wildman–Crippen LogP) is 5.50. The van der Waals surface area contributed by atoms with Crippen molar-refractivity contribution in [3.8, 4) is 5.75 Å². The fourth-order valence-corrected chi connectivity index (χ4v) is 5.40. The minimum absolute atomic E-state index is 0.161. The van der Waals surface area contributed by atoms with Gasteiger partial charge in [0.05, 0.1) is 6.10 Å². The molecule has 2 aliphatic heterocycles. The van der Waals surface area contributed by atoms with E-state index in [-0.39, 0.29) is 6.10 Å². The molecule has 1 N–H and O–H groups in total. The molecule has 2 saturated heterocycles. The van der Waals surface area contributed by atoms with Crippen LogP contribution in [0, 0.1) is 5.92 Å². The van der Waals surface area contributed by atoms with Crippen molar-refractivity contribution in [2.24, 2.45) is 5.92 Å². The van der Waals surface area contributed by atoms with E-state index in [0.717, 1.165) is 57.2 Å². The van der Waals surface area contributed by atoms with Crippen LogP contribution in [0.3, 0.4) is 0 Å². The number of rotatable bonds is 7. The summed E-state index contributed by atoms with van der Waals surface area (Å²) in [6.07, 6.45) is 5.03. The lowest BCUT2D eigenvalue weighted by Gasteiger charge is -2.33. The number of nitrogens with zero attached hydrogens (tertiary/aromatic N) is 2. The first-order chi connectivity index (χ1) is 16.7. The topological polar surface area (TPSA) is 35.9 Å². The average molecular weight is 459 g/mol. The van der Waals surface area contributed by atoms with Crippen LogP contribution in [-0.4, -0.2) is 55.4 Å². The normalized spacial score (nSPS) is 18.5. The molecule has 2 fully saturated rings. The summed E-state index contributed by atoms with van der Waals surface area (Å²) in [7, 11) is 0. The Morgan fingerprint density at radius 1 is 0.853 bits per heavy atom. The lowest BCUT2D eigenvalue weighted by Crippen LogP contribution is -2.36. The zero-order valence-corrected chi connectivity index (χ0v) is 20.5. The fraction of sp³-hybridized carbons (Fsp3) is 0.467. The number of anilines is 1. The van der Waals surface area contributed by atoms with Gasteiger partial charge in [0.25, 0.3) is 0 Å². The Morgan fingerprint density at radius 2 is 1.59 bits per heavy atom. The number of benzene rings is 3. The summed E-state index contributed by atoms with van der Waals surface area (Å²) in [5.41, 5.74) is 3.98. The molecule has 4 nitrogen and oxygen atoms in total. The number of piperidine rings is 2. The molecule has 3 aromatic carbocycles. The SMILES string of the molecule is CC1CCN(CCOc2ccc(Cc3c(N4CCC(O)CC4)ccc4ccccc34)cc2)CC1. The van der Waals surface area contributed by atoms with E-state index in [1.807, 2.05) is 0 Å². The number of likely N-dealkylation sites (tertiary alicyclic amines) is 1. The largest absolute Gasteiger partial charge is 0.492 e. The van der Waals surface area contributed by atoms with E-state index in [0.29, 0.717) is 0 Å². The molecule has 2 aliphatic rings. The summed E-state index contributed by atoms with van der Waals surface area (Å²) in [5.74, 6) is 1.82. The molecule has 0 unspecified atom stereocenters. The third kappa shape index (κ3) is 5.56. The van der Waals surface area contributed by atoms with Crippen molar-refractivity contribution >= 4 is 16.5 Å². The maximum atomic E-state index is 9.98. The van der Waals surface area contributed by atoms with Crippen LogP contribution in [0.15, 0.2) is 60.7 Å². The molecule has 0 radical (unpaired) electrons. The van der Waals surface area contributed by atoms with Gasteiger partial charge >= 0.3 is 0 Å². The highest BCUT2D eigenvalue weighted by atomic mass is 16.5. The van der Waals surface area contributed by atoms with Gasteiger partial charge in [-0.25, -0.2) is 0 Å². The van der Waals surface area contributed by atoms with Gasteiger partial charge < -0.3 is 14.7 Å². The predicted molar refractivity (Wildman–Crippen MR) is 141 cm³/mol. The Morgan fingerprint density at radius 3 is 2.35 bits per heavy atom. The van der Waals surface area contributed by atoms with Crippen molar-refractivity contribution in [3.63, 3.8) is 0 Å². The zero-order chi connectivity index (χ0) is 23.3. The van der Waals surface area contributed by atoms with Crippen molar-refractivity contribution in [3.05, 3.63) is 71.8 Å². The summed E-state index contributed by atoms with van der Waals surface area (Å²) < 4.78 is 6.07. The van der Waals surface area contributed by atoms with Gasteiger partial charge in [-0.15, -0.1) is 0 Å². The molecule has 0 bridgehead atoms. The highest BCUT2D eigenvalue weighted by Gasteiger charge is 2.21. The maximum Gasteiger partial charge on any atom is 0.119 e. The van der Waals surface area contributed by atoms with Crippen LogP contribution < -0.4 is 9.64 Å². The first-order valence-electron chi connectivity index (χ1n) is 13.0. The van der Waals surface area contributed by atoms with Crippen LogP contribution in [0.4, 0.5) is 5.69 Å². The van der Waals surface area contributed by atoms with Crippen molar-refractivity contribution in [2.75, 3.05) is 44.2 Å². The third-order valence-corrected chi connectivity index (χ3v) is 7.68. The molecule has 180 valence electrons. The van der Waals surface area contributed by atoms with Crippen molar-refractivity contribution in [1.82, 2.24) is 4.90 Å².